The van der Waals surface area contributed by atoms with Crippen LogP contribution in [0.2, 0.25) is 0 Å². The molecule has 0 aromatic carbocycles. The van der Waals surface area contributed by atoms with Gasteiger partial charge in [0.1, 0.15) is 12.2 Å². The molecule has 3 fully saturated rings. The number of rotatable bonds is 3. The van der Waals surface area contributed by atoms with Gasteiger partial charge in [0.25, 0.3) is 0 Å². The Kier molecular flexibility index (Phi) is 5.28. The maximum absolute atomic E-state index is 12.2. The molecular formula is C21H30O5. The predicted octanol–water partition coefficient (Wildman–Crippen LogP) is 1.80. The van der Waals surface area contributed by atoms with Gasteiger partial charge in [-0.15, -0.1) is 0 Å². The fraction of sp³-hybridized carbons (Fsp3) is 0.667. The topological polar surface area (TPSA) is 98.0 Å². The molecule has 144 valence electrons. The third-order valence-electron chi connectivity index (χ3n) is 6.88. The Morgan fingerprint density at radius 2 is 1.96 bits per heavy atom. The molecule has 0 bridgehead atoms. The molecular weight excluding hydrogens is 332 g/mol. The lowest BCUT2D eigenvalue weighted by Crippen LogP contribution is -2.55. The molecule has 5 heteroatoms. The molecule has 0 amide bonds. The highest BCUT2D eigenvalue weighted by Crippen LogP contribution is 2.59. The number of ketones is 1. The summed E-state index contributed by atoms with van der Waals surface area (Å²) in [5.41, 5.74) is 0.707. The second-order valence-corrected chi connectivity index (χ2v) is 8.45. The van der Waals surface area contributed by atoms with Crippen molar-refractivity contribution in [1.29, 1.82) is 0 Å². The highest BCUT2D eigenvalue weighted by atomic mass is 16.3. The van der Waals surface area contributed by atoms with Crippen LogP contribution in [-0.4, -0.2) is 50.6 Å². The Bertz CT molecular complexity index is 663. The summed E-state index contributed by atoms with van der Waals surface area (Å²) in [7, 11) is 0. The van der Waals surface area contributed by atoms with Crippen LogP contribution in [0, 0.1) is 11.3 Å². The number of carbonyl (C=O) groups is 1. The number of Topliss-reactive ketones (excluding diaryl/α,β-unsaturated/α-hetero) is 1. The SMILES string of the molecule is C=C1CC[C@@H](O)C/C1=C/C=C1\C[C@H](O)C[C@@]2(C)[C@H]1CC[C@@]2(O)C(=O)CO. The lowest BCUT2D eigenvalue weighted by molar-refractivity contribution is -0.158. The van der Waals surface area contributed by atoms with Crippen LogP contribution in [0.5, 0.6) is 0 Å². The molecule has 3 rings (SSSR count). The van der Waals surface area contributed by atoms with Crippen LogP contribution >= 0.6 is 0 Å². The van der Waals surface area contributed by atoms with Gasteiger partial charge < -0.3 is 20.4 Å². The highest BCUT2D eigenvalue weighted by Gasteiger charge is 2.62. The monoisotopic (exact) mass is 362 g/mol. The van der Waals surface area contributed by atoms with Crippen molar-refractivity contribution >= 4 is 5.78 Å². The van der Waals surface area contributed by atoms with E-state index in [9.17, 15) is 25.2 Å². The van der Waals surface area contributed by atoms with Gasteiger partial charge in [0.15, 0.2) is 5.78 Å². The first-order valence-electron chi connectivity index (χ1n) is 9.51. The number of aliphatic hydroxyl groups is 4. The fourth-order valence-corrected chi connectivity index (χ4v) is 5.30. The first-order chi connectivity index (χ1) is 12.2. The van der Waals surface area contributed by atoms with Gasteiger partial charge in [0.05, 0.1) is 12.2 Å². The van der Waals surface area contributed by atoms with E-state index in [4.69, 9.17) is 0 Å². The van der Waals surface area contributed by atoms with Crippen LogP contribution in [0.1, 0.15) is 51.9 Å². The van der Waals surface area contributed by atoms with E-state index < -0.39 is 29.5 Å². The highest BCUT2D eigenvalue weighted by molar-refractivity contribution is 5.89. The third kappa shape index (κ3) is 3.11. The molecule has 0 unspecified atom stereocenters. The average Bonchev–Trinajstić information content (AvgIpc) is 2.86. The summed E-state index contributed by atoms with van der Waals surface area (Å²) in [6.07, 6.45) is 6.92. The van der Waals surface area contributed by atoms with Crippen molar-refractivity contribution in [3.63, 3.8) is 0 Å². The van der Waals surface area contributed by atoms with E-state index >= 15 is 0 Å². The van der Waals surface area contributed by atoms with E-state index in [1.165, 1.54) is 0 Å². The van der Waals surface area contributed by atoms with Gasteiger partial charge in [-0.2, -0.15) is 0 Å². The van der Waals surface area contributed by atoms with Crippen LogP contribution in [0.25, 0.3) is 0 Å². The molecule has 4 N–H and O–H groups in total. The molecule has 5 nitrogen and oxygen atoms in total. The van der Waals surface area contributed by atoms with Crippen LogP contribution in [0.4, 0.5) is 0 Å². The average molecular weight is 362 g/mol. The van der Waals surface area contributed by atoms with Crippen molar-refractivity contribution in [1.82, 2.24) is 0 Å². The van der Waals surface area contributed by atoms with E-state index in [-0.39, 0.29) is 12.0 Å². The molecule has 3 aliphatic carbocycles. The normalized spacial score (nSPS) is 43.7. The van der Waals surface area contributed by atoms with Crippen molar-refractivity contribution in [2.24, 2.45) is 11.3 Å². The quantitative estimate of drug-likeness (QED) is 0.614. The molecule has 0 spiro atoms. The Balaban J connectivity index is 1.92. The first-order valence-corrected chi connectivity index (χ1v) is 9.51. The van der Waals surface area contributed by atoms with Gasteiger partial charge >= 0.3 is 0 Å². The summed E-state index contributed by atoms with van der Waals surface area (Å²) in [6.45, 7) is 5.24. The smallest absolute Gasteiger partial charge is 0.190 e. The Labute approximate surface area is 154 Å². The molecule has 5 atom stereocenters. The van der Waals surface area contributed by atoms with Crippen molar-refractivity contribution < 1.29 is 25.2 Å². The first kappa shape index (κ1) is 19.5. The van der Waals surface area contributed by atoms with Crippen LogP contribution < -0.4 is 0 Å². The van der Waals surface area contributed by atoms with Gasteiger partial charge in [-0.1, -0.05) is 36.8 Å². The second-order valence-electron chi connectivity index (χ2n) is 8.45. The fourth-order valence-electron chi connectivity index (χ4n) is 5.30. The summed E-state index contributed by atoms with van der Waals surface area (Å²) in [4.78, 5) is 12.2. The van der Waals surface area contributed by atoms with E-state index in [0.29, 0.717) is 32.1 Å². The Hall–Kier alpha value is -1.27. The molecule has 26 heavy (non-hydrogen) atoms. The lowest BCUT2D eigenvalue weighted by atomic mass is 9.60. The number of carbonyl (C=O) groups excluding carboxylic acids is 1. The molecule has 0 heterocycles. The zero-order chi connectivity index (χ0) is 19.1. The minimum Gasteiger partial charge on any atom is -0.393 e. The van der Waals surface area contributed by atoms with E-state index in [2.05, 4.69) is 6.58 Å². The van der Waals surface area contributed by atoms with Gasteiger partial charge in [-0.05, 0) is 56.4 Å². The van der Waals surface area contributed by atoms with Crippen LogP contribution in [0.15, 0.2) is 35.5 Å². The third-order valence-corrected chi connectivity index (χ3v) is 6.88. The van der Waals surface area contributed by atoms with Gasteiger partial charge in [-0.25, -0.2) is 0 Å². The molecule has 0 aromatic heterocycles. The second kappa shape index (κ2) is 7.04. The zero-order valence-electron chi connectivity index (χ0n) is 15.4. The summed E-state index contributed by atoms with van der Waals surface area (Å²) in [6, 6.07) is 0. The van der Waals surface area contributed by atoms with Gasteiger partial charge in [0, 0.05) is 5.41 Å². The standard InChI is InChI=1S/C21H30O5/c1-13-3-6-16(23)9-14(13)4-5-15-10-17(24)11-20(2)18(15)7-8-21(20,26)19(25)12-22/h4-5,16-18,22-24,26H,1,3,6-12H2,2H3/b14-4-,15-5+/t16-,17+,18+,20+,21-/m1/s1. The molecule has 0 saturated heterocycles. The van der Waals surface area contributed by atoms with Crippen molar-refractivity contribution in [3.05, 3.63) is 35.5 Å². The van der Waals surface area contributed by atoms with E-state index in [1.54, 1.807) is 0 Å². The van der Waals surface area contributed by atoms with Crippen molar-refractivity contribution in [2.45, 2.75) is 69.7 Å². The maximum Gasteiger partial charge on any atom is 0.190 e. The van der Waals surface area contributed by atoms with Crippen LogP contribution in [0.3, 0.4) is 0 Å². The number of allylic oxidation sites excluding steroid dienone is 3. The number of aliphatic hydroxyl groups excluding tert-OH is 3. The predicted molar refractivity (Wildman–Crippen MR) is 98.3 cm³/mol. The van der Waals surface area contributed by atoms with Crippen LogP contribution in [-0.2, 0) is 4.79 Å². The molecule has 0 aromatic rings. The molecule has 0 aliphatic heterocycles. The minimum absolute atomic E-state index is 0.00923. The Morgan fingerprint density at radius 3 is 2.65 bits per heavy atom. The summed E-state index contributed by atoms with van der Waals surface area (Å²) < 4.78 is 0. The van der Waals surface area contributed by atoms with Crippen molar-refractivity contribution in [3.8, 4) is 0 Å². The molecule has 3 saturated carbocycles. The van der Waals surface area contributed by atoms with Gasteiger partial charge in [0.2, 0.25) is 0 Å². The largest absolute Gasteiger partial charge is 0.393 e. The molecule has 0 radical (unpaired) electrons. The molecule has 3 aliphatic rings. The van der Waals surface area contributed by atoms with Gasteiger partial charge in [-0.3, -0.25) is 4.79 Å². The van der Waals surface area contributed by atoms with Crippen molar-refractivity contribution in [2.75, 3.05) is 6.61 Å². The summed E-state index contributed by atoms with van der Waals surface area (Å²) in [5.74, 6) is -0.567. The number of fused-ring (bicyclic) bond motifs is 1. The summed E-state index contributed by atoms with van der Waals surface area (Å²) in [5, 5.41) is 40.6. The number of hydrogen-bond donors (Lipinski definition) is 4. The van der Waals surface area contributed by atoms with E-state index in [1.807, 2.05) is 19.1 Å². The Morgan fingerprint density at radius 1 is 1.23 bits per heavy atom. The lowest BCUT2D eigenvalue weighted by Gasteiger charge is -2.47. The summed E-state index contributed by atoms with van der Waals surface area (Å²) >= 11 is 0. The van der Waals surface area contributed by atoms with E-state index in [0.717, 1.165) is 29.6 Å². The zero-order valence-corrected chi connectivity index (χ0v) is 15.4. The minimum atomic E-state index is -1.59. The number of hydrogen-bond acceptors (Lipinski definition) is 5. The maximum atomic E-state index is 12.2.